The number of hydrogen-bond donors (Lipinski definition) is 0. The Balaban J connectivity index is 1.63. The fraction of sp³-hybridized carbons (Fsp3) is 0.261. The number of para-hydroxylation sites is 1. The number of aromatic nitrogens is 3. The molecule has 30 heavy (non-hydrogen) atoms. The molecule has 0 atom stereocenters. The number of carbonyl (C=O) groups is 1. The molecule has 0 bridgehead atoms. The summed E-state index contributed by atoms with van der Waals surface area (Å²) >= 11 is 0. The van der Waals surface area contributed by atoms with E-state index in [2.05, 4.69) is 5.10 Å². The summed E-state index contributed by atoms with van der Waals surface area (Å²) in [7, 11) is 0. The van der Waals surface area contributed by atoms with Crippen LogP contribution in [0.15, 0.2) is 59.5 Å². The maximum Gasteiger partial charge on any atom is 0.291 e. The van der Waals surface area contributed by atoms with Crippen LogP contribution in [0.3, 0.4) is 0 Å². The highest BCUT2D eigenvalue weighted by atomic mass is 19.1. The number of carbonyl (C=O) groups excluding carboxylic acids is 1. The molecule has 0 aliphatic carbocycles. The van der Waals surface area contributed by atoms with Gasteiger partial charge >= 0.3 is 0 Å². The molecular weight excluding hydrogens is 383 g/mol. The number of hydrogen-bond acceptors (Lipinski definition) is 3. The monoisotopic (exact) mass is 404 g/mol. The van der Waals surface area contributed by atoms with Crippen molar-refractivity contribution in [2.75, 3.05) is 13.1 Å². The van der Waals surface area contributed by atoms with Crippen LogP contribution in [-0.2, 0) is 17.9 Å². The molecule has 0 saturated carbocycles. The molecule has 2 aromatic heterocycles. The van der Waals surface area contributed by atoms with Crippen molar-refractivity contribution >= 4 is 27.7 Å². The van der Waals surface area contributed by atoms with Gasteiger partial charge in [0.2, 0.25) is 5.91 Å². The van der Waals surface area contributed by atoms with E-state index in [1.165, 1.54) is 16.8 Å². The summed E-state index contributed by atoms with van der Waals surface area (Å²) in [6, 6.07) is 14.0. The second-order valence-corrected chi connectivity index (χ2v) is 7.69. The molecule has 152 valence electrons. The first kappa shape index (κ1) is 18.5. The summed E-state index contributed by atoms with van der Waals surface area (Å²) < 4.78 is 16.5. The van der Waals surface area contributed by atoms with Gasteiger partial charge in [-0.15, -0.1) is 0 Å². The second kappa shape index (κ2) is 7.40. The molecule has 0 spiro atoms. The summed E-state index contributed by atoms with van der Waals surface area (Å²) in [6.07, 6.45) is 3.66. The summed E-state index contributed by atoms with van der Waals surface area (Å²) in [4.78, 5) is 27.7. The fourth-order valence-electron chi connectivity index (χ4n) is 4.24. The van der Waals surface area contributed by atoms with E-state index in [4.69, 9.17) is 0 Å². The Hall–Kier alpha value is -3.48. The van der Waals surface area contributed by atoms with E-state index in [1.807, 2.05) is 28.8 Å². The highest BCUT2D eigenvalue weighted by Crippen LogP contribution is 2.27. The standard InChI is InChI=1S/C23H21FN4O2/c24-17-9-7-16(8-10-17)14-27-20-6-2-1-5-18(20)19-13-25-28(23(30)22(19)27)15-21(29)26-11-3-4-12-26/h1-2,5-10,13H,3-4,11-12,14-15H2. The van der Waals surface area contributed by atoms with Crippen molar-refractivity contribution in [1.29, 1.82) is 0 Å². The van der Waals surface area contributed by atoms with Crippen LogP contribution in [0.5, 0.6) is 0 Å². The number of rotatable bonds is 4. The third kappa shape index (κ3) is 3.16. The highest BCUT2D eigenvalue weighted by Gasteiger charge is 2.21. The molecule has 4 aromatic rings. The van der Waals surface area contributed by atoms with E-state index in [0.29, 0.717) is 12.1 Å². The van der Waals surface area contributed by atoms with Crippen molar-refractivity contribution in [1.82, 2.24) is 19.2 Å². The lowest BCUT2D eigenvalue weighted by atomic mass is 10.2. The van der Waals surface area contributed by atoms with Crippen LogP contribution in [0.1, 0.15) is 18.4 Å². The molecule has 0 unspecified atom stereocenters. The maximum absolute atomic E-state index is 13.4. The van der Waals surface area contributed by atoms with Gasteiger partial charge in [0.05, 0.1) is 6.20 Å². The Kier molecular flexibility index (Phi) is 4.58. The van der Waals surface area contributed by atoms with Gasteiger partial charge in [0, 0.05) is 35.9 Å². The quantitative estimate of drug-likeness (QED) is 0.525. The lowest BCUT2D eigenvalue weighted by Gasteiger charge is -2.15. The van der Waals surface area contributed by atoms with Gasteiger partial charge in [0.1, 0.15) is 17.9 Å². The Morgan fingerprint density at radius 1 is 1.00 bits per heavy atom. The van der Waals surface area contributed by atoms with Crippen LogP contribution in [0, 0.1) is 5.82 Å². The number of halogens is 1. The predicted molar refractivity (Wildman–Crippen MR) is 113 cm³/mol. The van der Waals surface area contributed by atoms with E-state index in [9.17, 15) is 14.0 Å². The summed E-state index contributed by atoms with van der Waals surface area (Å²) in [6.45, 7) is 1.83. The largest absolute Gasteiger partial charge is 0.341 e. The van der Waals surface area contributed by atoms with Crippen LogP contribution in [0.2, 0.25) is 0 Å². The molecule has 2 aromatic carbocycles. The molecule has 1 fully saturated rings. The first-order valence-electron chi connectivity index (χ1n) is 10.1. The Morgan fingerprint density at radius 2 is 1.73 bits per heavy atom. The minimum atomic E-state index is -0.298. The van der Waals surface area contributed by atoms with Crippen LogP contribution in [-0.4, -0.2) is 38.2 Å². The van der Waals surface area contributed by atoms with Gasteiger partial charge < -0.3 is 9.47 Å². The molecular formula is C23H21FN4O2. The summed E-state index contributed by atoms with van der Waals surface area (Å²) in [5, 5.41) is 5.97. The molecule has 5 rings (SSSR count). The van der Waals surface area contributed by atoms with Gasteiger partial charge in [0.25, 0.3) is 5.56 Å². The minimum Gasteiger partial charge on any atom is -0.341 e. The van der Waals surface area contributed by atoms with Crippen LogP contribution in [0.25, 0.3) is 21.8 Å². The summed E-state index contributed by atoms with van der Waals surface area (Å²) in [5.41, 5.74) is 2.00. The number of fused-ring (bicyclic) bond motifs is 3. The highest BCUT2D eigenvalue weighted by molar-refractivity contribution is 6.07. The first-order chi connectivity index (χ1) is 14.6. The van der Waals surface area contributed by atoms with Gasteiger partial charge in [-0.25, -0.2) is 9.07 Å². The van der Waals surface area contributed by atoms with E-state index < -0.39 is 0 Å². The van der Waals surface area contributed by atoms with Crippen molar-refractivity contribution in [3.63, 3.8) is 0 Å². The van der Waals surface area contributed by atoms with E-state index in [-0.39, 0.29) is 23.8 Å². The van der Waals surface area contributed by atoms with Gasteiger partial charge in [-0.2, -0.15) is 5.10 Å². The fourth-order valence-corrected chi connectivity index (χ4v) is 4.24. The van der Waals surface area contributed by atoms with Crippen molar-refractivity contribution < 1.29 is 9.18 Å². The zero-order valence-electron chi connectivity index (χ0n) is 16.4. The van der Waals surface area contributed by atoms with E-state index in [1.54, 1.807) is 23.2 Å². The summed E-state index contributed by atoms with van der Waals surface area (Å²) in [5.74, 6) is -0.379. The number of likely N-dealkylation sites (tertiary alicyclic amines) is 1. The Morgan fingerprint density at radius 3 is 2.50 bits per heavy atom. The van der Waals surface area contributed by atoms with Crippen LogP contribution < -0.4 is 5.56 Å². The number of amides is 1. The maximum atomic E-state index is 13.4. The van der Waals surface area contributed by atoms with E-state index in [0.717, 1.165) is 47.8 Å². The lowest BCUT2D eigenvalue weighted by molar-refractivity contribution is -0.131. The smallest absolute Gasteiger partial charge is 0.291 e. The molecule has 1 aliphatic rings. The average molecular weight is 404 g/mol. The number of benzene rings is 2. The molecule has 3 heterocycles. The molecule has 6 nitrogen and oxygen atoms in total. The second-order valence-electron chi connectivity index (χ2n) is 7.69. The van der Waals surface area contributed by atoms with Crippen molar-refractivity contribution in [3.05, 3.63) is 76.5 Å². The van der Waals surface area contributed by atoms with Gasteiger partial charge in [0.15, 0.2) is 0 Å². The minimum absolute atomic E-state index is 0.0627. The topological polar surface area (TPSA) is 60.1 Å². The zero-order valence-corrected chi connectivity index (χ0v) is 16.4. The van der Waals surface area contributed by atoms with E-state index >= 15 is 0 Å². The third-order valence-corrected chi connectivity index (χ3v) is 5.77. The van der Waals surface area contributed by atoms with Gasteiger partial charge in [-0.3, -0.25) is 9.59 Å². The van der Waals surface area contributed by atoms with Crippen LogP contribution >= 0.6 is 0 Å². The van der Waals surface area contributed by atoms with Gasteiger partial charge in [-0.1, -0.05) is 30.3 Å². The SMILES string of the molecule is O=C(Cn1ncc2c3ccccc3n(Cc3ccc(F)cc3)c2c1=O)N1CCCC1. The average Bonchev–Trinajstić information content (AvgIpc) is 3.40. The Bertz CT molecular complexity index is 1300. The molecule has 1 saturated heterocycles. The molecule has 1 aliphatic heterocycles. The van der Waals surface area contributed by atoms with Crippen LogP contribution in [0.4, 0.5) is 4.39 Å². The zero-order chi connectivity index (χ0) is 20.7. The van der Waals surface area contributed by atoms with Crippen molar-refractivity contribution in [2.45, 2.75) is 25.9 Å². The first-order valence-corrected chi connectivity index (χ1v) is 10.1. The normalized spacial score (nSPS) is 14.1. The lowest BCUT2D eigenvalue weighted by Crippen LogP contribution is -2.36. The third-order valence-electron chi connectivity index (χ3n) is 5.77. The number of nitrogens with zero attached hydrogens (tertiary/aromatic N) is 4. The van der Waals surface area contributed by atoms with Crippen molar-refractivity contribution in [3.8, 4) is 0 Å². The molecule has 1 amide bonds. The van der Waals surface area contributed by atoms with Gasteiger partial charge in [-0.05, 0) is 36.6 Å². The Labute approximate surface area is 172 Å². The molecule has 0 radical (unpaired) electrons. The van der Waals surface area contributed by atoms with Crippen molar-refractivity contribution in [2.24, 2.45) is 0 Å². The molecule has 0 N–H and O–H groups in total. The molecule has 7 heteroatoms. The predicted octanol–water partition coefficient (Wildman–Crippen LogP) is 3.16.